The van der Waals surface area contributed by atoms with Crippen molar-refractivity contribution in [3.8, 4) is 0 Å². The van der Waals surface area contributed by atoms with Crippen molar-refractivity contribution in [1.82, 2.24) is 0 Å². The first-order valence-electron chi connectivity index (χ1n) is 5.76. The Bertz CT molecular complexity index is 487. The summed E-state index contributed by atoms with van der Waals surface area (Å²) in [5.74, 6) is 0. The first kappa shape index (κ1) is 11.5. The average molecular weight is 226 g/mol. The molecule has 2 rings (SSSR count). The number of para-hydroxylation sites is 1. The van der Waals surface area contributed by atoms with Gasteiger partial charge in [-0.25, -0.2) is 0 Å². The van der Waals surface area contributed by atoms with Gasteiger partial charge in [-0.3, -0.25) is 0 Å². The predicted octanol–water partition coefficient (Wildman–Crippen LogP) is 2.93. The second-order valence-corrected chi connectivity index (χ2v) is 4.44. The van der Waals surface area contributed by atoms with Gasteiger partial charge < -0.3 is 10.6 Å². The van der Waals surface area contributed by atoms with E-state index in [0.717, 1.165) is 12.1 Å². The number of hydrogen-bond donors (Lipinski definition) is 1. The highest BCUT2D eigenvalue weighted by Crippen LogP contribution is 2.18. The maximum Gasteiger partial charge on any atom is 0.0361 e. The lowest BCUT2D eigenvalue weighted by Crippen LogP contribution is -2.08. The second kappa shape index (κ2) is 4.91. The Morgan fingerprint density at radius 1 is 0.941 bits per heavy atom. The lowest BCUT2D eigenvalue weighted by molar-refractivity contribution is 1.12. The van der Waals surface area contributed by atoms with Gasteiger partial charge in [0.05, 0.1) is 0 Å². The molecule has 0 amide bonds. The van der Waals surface area contributed by atoms with Crippen LogP contribution in [-0.4, -0.2) is 14.1 Å². The SMILES string of the molecule is CN(C)c1ccc(Cc2ccccc2N)cc1. The maximum absolute atomic E-state index is 5.94. The molecule has 0 aromatic heterocycles. The van der Waals surface area contributed by atoms with Crippen LogP contribution in [0.5, 0.6) is 0 Å². The van der Waals surface area contributed by atoms with Gasteiger partial charge in [-0.1, -0.05) is 30.3 Å². The summed E-state index contributed by atoms with van der Waals surface area (Å²) in [7, 11) is 4.09. The first-order chi connectivity index (χ1) is 8.16. The van der Waals surface area contributed by atoms with Crippen LogP contribution in [0, 0.1) is 0 Å². The van der Waals surface area contributed by atoms with Crippen molar-refractivity contribution < 1.29 is 0 Å². The normalized spacial score (nSPS) is 10.2. The maximum atomic E-state index is 5.94. The molecule has 0 aliphatic carbocycles. The number of benzene rings is 2. The summed E-state index contributed by atoms with van der Waals surface area (Å²) in [5.41, 5.74) is 10.5. The van der Waals surface area contributed by atoms with E-state index in [1.807, 2.05) is 32.3 Å². The zero-order valence-electron chi connectivity index (χ0n) is 10.4. The van der Waals surface area contributed by atoms with Crippen LogP contribution >= 0.6 is 0 Å². The van der Waals surface area contributed by atoms with Crippen molar-refractivity contribution in [1.29, 1.82) is 0 Å². The molecule has 2 heteroatoms. The molecular weight excluding hydrogens is 208 g/mol. The van der Waals surface area contributed by atoms with E-state index in [1.165, 1.54) is 16.8 Å². The average Bonchev–Trinajstić information content (AvgIpc) is 2.33. The fraction of sp³-hybridized carbons (Fsp3) is 0.200. The number of nitrogens with zero attached hydrogens (tertiary/aromatic N) is 1. The van der Waals surface area contributed by atoms with Crippen LogP contribution in [0.2, 0.25) is 0 Å². The second-order valence-electron chi connectivity index (χ2n) is 4.44. The van der Waals surface area contributed by atoms with Gasteiger partial charge in [-0.15, -0.1) is 0 Å². The van der Waals surface area contributed by atoms with Crippen LogP contribution in [0.1, 0.15) is 11.1 Å². The van der Waals surface area contributed by atoms with E-state index in [-0.39, 0.29) is 0 Å². The minimum atomic E-state index is 0.865. The molecule has 0 saturated carbocycles. The summed E-state index contributed by atoms with van der Waals surface area (Å²) < 4.78 is 0. The first-order valence-corrected chi connectivity index (χ1v) is 5.76. The molecule has 0 spiro atoms. The van der Waals surface area contributed by atoms with E-state index in [9.17, 15) is 0 Å². The summed E-state index contributed by atoms with van der Waals surface area (Å²) in [4.78, 5) is 2.10. The quantitative estimate of drug-likeness (QED) is 0.815. The molecule has 0 aliphatic rings. The van der Waals surface area contributed by atoms with Crippen molar-refractivity contribution >= 4 is 11.4 Å². The third-order valence-electron chi connectivity index (χ3n) is 2.90. The molecule has 2 aromatic carbocycles. The van der Waals surface area contributed by atoms with Gasteiger partial charge in [0.15, 0.2) is 0 Å². The smallest absolute Gasteiger partial charge is 0.0361 e. The molecule has 17 heavy (non-hydrogen) atoms. The molecule has 0 fully saturated rings. The molecule has 0 unspecified atom stereocenters. The van der Waals surface area contributed by atoms with E-state index in [2.05, 4.69) is 35.2 Å². The van der Waals surface area contributed by atoms with Gasteiger partial charge in [0, 0.05) is 25.5 Å². The van der Waals surface area contributed by atoms with Gasteiger partial charge in [0.25, 0.3) is 0 Å². The van der Waals surface area contributed by atoms with Crippen LogP contribution < -0.4 is 10.6 Å². The number of anilines is 2. The third-order valence-corrected chi connectivity index (χ3v) is 2.90. The summed E-state index contributed by atoms with van der Waals surface area (Å²) in [5, 5.41) is 0. The van der Waals surface area contributed by atoms with Crippen LogP contribution in [0.4, 0.5) is 11.4 Å². The fourth-order valence-electron chi connectivity index (χ4n) is 1.83. The third kappa shape index (κ3) is 2.78. The highest BCUT2D eigenvalue weighted by atomic mass is 15.1. The Balaban J connectivity index is 2.17. The van der Waals surface area contributed by atoms with Crippen LogP contribution in [0.15, 0.2) is 48.5 Å². The Morgan fingerprint density at radius 2 is 1.59 bits per heavy atom. The molecule has 0 aliphatic heterocycles. The topological polar surface area (TPSA) is 29.3 Å². The Hall–Kier alpha value is -1.96. The molecule has 2 nitrogen and oxygen atoms in total. The largest absolute Gasteiger partial charge is 0.398 e. The van der Waals surface area contributed by atoms with Crippen molar-refractivity contribution in [3.63, 3.8) is 0 Å². The van der Waals surface area contributed by atoms with Gasteiger partial charge in [-0.2, -0.15) is 0 Å². The summed E-state index contributed by atoms with van der Waals surface area (Å²) in [6.45, 7) is 0. The number of nitrogen functional groups attached to an aromatic ring is 1. The molecule has 2 N–H and O–H groups in total. The van der Waals surface area contributed by atoms with Crippen molar-refractivity contribution in [2.24, 2.45) is 0 Å². The van der Waals surface area contributed by atoms with Crippen LogP contribution in [-0.2, 0) is 6.42 Å². The molecule has 0 radical (unpaired) electrons. The highest BCUT2D eigenvalue weighted by Gasteiger charge is 2.00. The minimum absolute atomic E-state index is 0.865. The van der Waals surface area contributed by atoms with Crippen molar-refractivity contribution in [2.75, 3.05) is 24.7 Å². The standard InChI is InChI=1S/C15H18N2/c1-17(2)14-9-7-12(8-10-14)11-13-5-3-4-6-15(13)16/h3-10H,11,16H2,1-2H3. The van der Waals surface area contributed by atoms with Gasteiger partial charge in [-0.05, 0) is 35.7 Å². The van der Waals surface area contributed by atoms with Gasteiger partial charge in [0.2, 0.25) is 0 Å². The number of hydrogen-bond acceptors (Lipinski definition) is 2. The molecular formula is C15H18N2. The van der Waals surface area contributed by atoms with Crippen molar-refractivity contribution in [2.45, 2.75) is 6.42 Å². The fourth-order valence-corrected chi connectivity index (χ4v) is 1.83. The molecule has 0 atom stereocenters. The molecule has 0 bridgehead atoms. The summed E-state index contributed by atoms with van der Waals surface area (Å²) >= 11 is 0. The summed E-state index contributed by atoms with van der Waals surface area (Å²) in [6, 6.07) is 16.6. The molecule has 88 valence electrons. The van der Waals surface area contributed by atoms with Crippen LogP contribution in [0.25, 0.3) is 0 Å². The van der Waals surface area contributed by atoms with Gasteiger partial charge in [0.1, 0.15) is 0 Å². The Kier molecular flexibility index (Phi) is 3.33. The van der Waals surface area contributed by atoms with E-state index in [1.54, 1.807) is 0 Å². The van der Waals surface area contributed by atoms with E-state index in [4.69, 9.17) is 5.73 Å². The minimum Gasteiger partial charge on any atom is -0.398 e. The predicted molar refractivity (Wildman–Crippen MR) is 74.4 cm³/mol. The molecule has 0 saturated heterocycles. The van der Waals surface area contributed by atoms with Crippen LogP contribution in [0.3, 0.4) is 0 Å². The summed E-state index contributed by atoms with van der Waals surface area (Å²) in [6.07, 6.45) is 0.889. The Labute approximate surface area is 103 Å². The highest BCUT2D eigenvalue weighted by molar-refractivity contribution is 5.50. The monoisotopic (exact) mass is 226 g/mol. The van der Waals surface area contributed by atoms with E-state index >= 15 is 0 Å². The van der Waals surface area contributed by atoms with E-state index < -0.39 is 0 Å². The zero-order valence-corrected chi connectivity index (χ0v) is 10.4. The van der Waals surface area contributed by atoms with Gasteiger partial charge >= 0.3 is 0 Å². The molecule has 0 heterocycles. The van der Waals surface area contributed by atoms with Crippen molar-refractivity contribution in [3.05, 3.63) is 59.7 Å². The lowest BCUT2D eigenvalue weighted by atomic mass is 10.0. The number of nitrogens with two attached hydrogens (primary N) is 1. The van der Waals surface area contributed by atoms with E-state index in [0.29, 0.717) is 0 Å². The Morgan fingerprint density at radius 3 is 2.18 bits per heavy atom. The number of rotatable bonds is 3. The lowest BCUT2D eigenvalue weighted by Gasteiger charge is -2.13. The molecule has 2 aromatic rings. The zero-order chi connectivity index (χ0) is 12.3.